The van der Waals surface area contributed by atoms with Crippen molar-refractivity contribution in [1.82, 2.24) is 15.5 Å². The van der Waals surface area contributed by atoms with Gasteiger partial charge in [-0.3, -0.25) is 4.79 Å². The van der Waals surface area contributed by atoms with Crippen molar-refractivity contribution in [3.63, 3.8) is 0 Å². The molecule has 7 nitrogen and oxygen atoms in total. The van der Waals surface area contributed by atoms with Crippen molar-refractivity contribution in [2.75, 3.05) is 5.32 Å². The lowest BCUT2D eigenvalue weighted by Crippen LogP contribution is -2.36. The molecule has 7 heteroatoms. The van der Waals surface area contributed by atoms with Crippen LogP contribution in [0.1, 0.15) is 50.5 Å². The van der Waals surface area contributed by atoms with E-state index in [0.717, 1.165) is 12.0 Å². The maximum Gasteiger partial charge on any atom is 0.265 e. The fraction of sp³-hybridized carbons (Fsp3) is 0.471. The summed E-state index contributed by atoms with van der Waals surface area (Å²) in [6.07, 6.45) is 0.943. The summed E-state index contributed by atoms with van der Waals surface area (Å²) in [6, 6.07) is 5.89. The van der Waals surface area contributed by atoms with Crippen LogP contribution in [0.4, 0.5) is 5.69 Å². The van der Waals surface area contributed by atoms with Crippen LogP contribution in [-0.2, 0) is 17.8 Å². The van der Waals surface area contributed by atoms with E-state index in [2.05, 4.69) is 27.7 Å². The van der Waals surface area contributed by atoms with Crippen LogP contribution in [0.15, 0.2) is 22.7 Å². The van der Waals surface area contributed by atoms with Crippen molar-refractivity contribution in [2.45, 2.75) is 52.3 Å². The minimum atomic E-state index is -0.428. The zero-order valence-corrected chi connectivity index (χ0v) is 14.1. The number of ether oxygens (including phenoxy) is 1. The van der Waals surface area contributed by atoms with Crippen LogP contribution in [0.5, 0.6) is 5.75 Å². The van der Waals surface area contributed by atoms with Crippen molar-refractivity contribution in [3.05, 3.63) is 35.5 Å². The molecular weight excluding hydrogens is 308 g/mol. The molecule has 0 spiro atoms. The Labute approximate surface area is 140 Å². The van der Waals surface area contributed by atoms with Gasteiger partial charge in [0.15, 0.2) is 11.9 Å². The van der Waals surface area contributed by atoms with Crippen LogP contribution in [0.2, 0.25) is 0 Å². The zero-order chi connectivity index (χ0) is 17.1. The monoisotopic (exact) mass is 330 g/mol. The Morgan fingerprint density at radius 1 is 1.38 bits per heavy atom. The van der Waals surface area contributed by atoms with Gasteiger partial charge in [0.2, 0.25) is 5.89 Å². The van der Waals surface area contributed by atoms with Crippen LogP contribution in [0.3, 0.4) is 0 Å². The van der Waals surface area contributed by atoms with Crippen molar-refractivity contribution >= 4 is 11.6 Å². The number of hydrogen-bond donors (Lipinski definition) is 2. The van der Waals surface area contributed by atoms with E-state index in [0.29, 0.717) is 36.1 Å². The van der Waals surface area contributed by atoms with Gasteiger partial charge in [0.1, 0.15) is 5.75 Å². The molecule has 2 N–H and O–H groups in total. The number of nitrogens with one attached hydrogen (secondary N) is 2. The van der Waals surface area contributed by atoms with Crippen molar-refractivity contribution in [2.24, 2.45) is 0 Å². The third-order valence-corrected chi connectivity index (χ3v) is 4.07. The van der Waals surface area contributed by atoms with Gasteiger partial charge in [-0.1, -0.05) is 25.1 Å². The molecule has 0 saturated carbocycles. The SMILES string of the molecule is CCc1nc(CNC(C)c2ccc3c(c2)OC(CC)C(=O)N3)no1. The standard InChI is InChI=1S/C17H22N4O3/c1-4-13-17(22)19-12-7-6-11(8-14(12)23-13)10(3)18-9-15-20-16(5-2)24-21-15/h6-8,10,13,18H,4-5,9H2,1-3H3,(H,19,22). The lowest BCUT2D eigenvalue weighted by molar-refractivity contribution is -0.123. The number of anilines is 1. The van der Waals surface area contributed by atoms with Gasteiger partial charge < -0.3 is 19.9 Å². The number of rotatable bonds is 6. The Hall–Kier alpha value is -2.41. The van der Waals surface area contributed by atoms with E-state index in [1.165, 1.54) is 0 Å². The number of benzene rings is 1. The van der Waals surface area contributed by atoms with E-state index in [4.69, 9.17) is 9.26 Å². The van der Waals surface area contributed by atoms with E-state index in [9.17, 15) is 4.79 Å². The van der Waals surface area contributed by atoms with E-state index in [1.807, 2.05) is 32.0 Å². The number of fused-ring (bicyclic) bond motifs is 1. The first-order chi connectivity index (χ1) is 11.6. The molecule has 2 aromatic rings. The van der Waals surface area contributed by atoms with E-state index in [-0.39, 0.29) is 11.9 Å². The van der Waals surface area contributed by atoms with E-state index < -0.39 is 6.10 Å². The maximum atomic E-state index is 11.8. The lowest BCUT2D eigenvalue weighted by atomic mass is 10.1. The number of aromatic nitrogens is 2. The molecular formula is C17H22N4O3. The highest BCUT2D eigenvalue weighted by atomic mass is 16.5. The summed E-state index contributed by atoms with van der Waals surface area (Å²) in [7, 11) is 0. The number of aryl methyl sites for hydroxylation is 1. The molecule has 128 valence electrons. The minimum absolute atomic E-state index is 0.0835. The first-order valence-corrected chi connectivity index (χ1v) is 8.27. The molecule has 1 amide bonds. The molecule has 0 bridgehead atoms. The van der Waals surface area contributed by atoms with Gasteiger partial charge >= 0.3 is 0 Å². The topological polar surface area (TPSA) is 89.3 Å². The van der Waals surface area contributed by atoms with Crippen LogP contribution < -0.4 is 15.4 Å². The summed E-state index contributed by atoms with van der Waals surface area (Å²) in [5, 5.41) is 10.2. The molecule has 0 fully saturated rings. The van der Waals surface area contributed by atoms with Crippen LogP contribution in [0.25, 0.3) is 0 Å². The largest absolute Gasteiger partial charge is 0.478 e. The number of carbonyl (C=O) groups is 1. The Balaban J connectivity index is 1.67. The second kappa shape index (κ2) is 7.00. The van der Waals surface area contributed by atoms with Gasteiger partial charge in [0, 0.05) is 12.5 Å². The molecule has 3 rings (SSSR count). The van der Waals surface area contributed by atoms with Crippen molar-refractivity contribution in [1.29, 1.82) is 0 Å². The average Bonchev–Trinajstić information content (AvgIpc) is 3.06. The fourth-order valence-corrected chi connectivity index (χ4v) is 2.57. The summed E-state index contributed by atoms with van der Waals surface area (Å²) >= 11 is 0. The summed E-state index contributed by atoms with van der Waals surface area (Å²) in [5.41, 5.74) is 1.78. The van der Waals surface area contributed by atoms with Crippen LogP contribution in [-0.4, -0.2) is 22.2 Å². The number of carbonyl (C=O) groups excluding carboxylic acids is 1. The highest BCUT2D eigenvalue weighted by Gasteiger charge is 2.26. The smallest absolute Gasteiger partial charge is 0.265 e. The van der Waals surface area contributed by atoms with Gasteiger partial charge in [-0.2, -0.15) is 4.98 Å². The lowest BCUT2D eigenvalue weighted by Gasteiger charge is -2.26. The Bertz CT molecular complexity index is 728. The third kappa shape index (κ3) is 3.41. The normalized spacial score (nSPS) is 17.8. The van der Waals surface area contributed by atoms with Gasteiger partial charge in [0.25, 0.3) is 5.91 Å². The Morgan fingerprint density at radius 3 is 2.92 bits per heavy atom. The van der Waals surface area contributed by atoms with E-state index >= 15 is 0 Å². The molecule has 24 heavy (non-hydrogen) atoms. The second-order valence-corrected chi connectivity index (χ2v) is 5.82. The van der Waals surface area contributed by atoms with Gasteiger partial charge in [0.05, 0.1) is 12.2 Å². The number of hydrogen-bond acceptors (Lipinski definition) is 6. The Morgan fingerprint density at radius 2 is 2.21 bits per heavy atom. The molecule has 2 heterocycles. The molecule has 0 radical (unpaired) electrons. The molecule has 2 atom stereocenters. The molecule has 1 aliphatic rings. The van der Waals surface area contributed by atoms with Gasteiger partial charge in [-0.05, 0) is 31.0 Å². The predicted molar refractivity (Wildman–Crippen MR) is 88.7 cm³/mol. The summed E-state index contributed by atoms with van der Waals surface area (Å²) < 4.78 is 10.9. The fourth-order valence-electron chi connectivity index (χ4n) is 2.57. The molecule has 2 unspecified atom stereocenters. The third-order valence-electron chi connectivity index (χ3n) is 4.07. The first-order valence-electron chi connectivity index (χ1n) is 8.27. The minimum Gasteiger partial charge on any atom is -0.478 e. The summed E-state index contributed by atoms with van der Waals surface area (Å²) in [5.74, 6) is 1.90. The molecule has 1 aromatic heterocycles. The second-order valence-electron chi connectivity index (χ2n) is 5.82. The Kier molecular flexibility index (Phi) is 4.80. The molecule has 1 aromatic carbocycles. The summed E-state index contributed by atoms with van der Waals surface area (Å²) in [6.45, 7) is 6.49. The molecule has 0 aliphatic carbocycles. The highest BCUT2D eigenvalue weighted by Crippen LogP contribution is 2.33. The first kappa shape index (κ1) is 16.4. The van der Waals surface area contributed by atoms with E-state index in [1.54, 1.807) is 0 Å². The summed E-state index contributed by atoms with van der Waals surface area (Å²) in [4.78, 5) is 16.1. The quantitative estimate of drug-likeness (QED) is 0.846. The van der Waals surface area contributed by atoms with Crippen LogP contribution >= 0.6 is 0 Å². The predicted octanol–water partition coefficient (Wildman–Crippen LogP) is 2.59. The molecule has 0 saturated heterocycles. The number of amides is 1. The van der Waals surface area contributed by atoms with Crippen molar-refractivity contribution < 1.29 is 14.1 Å². The highest BCUT2D eigenvalue weighted by molar-refractivity contribution is 5.97. The molecule has 1 aliphatic heterocycles. The zero-order valence-electron chi connectivity index (χ0n) is 14.1. The van der Waals surface area contributed by atoms with Crippen LogP contribution in [0, 0.1) is 0 Å². The van der Waals surface area contributed by atoms with Gasteiger partial charge in [-0.15, -0.1) is 0 Å². The maximum absolute atomic E-state index is 11.8. The van der Waals surface area contributed by atoms with Gasteiger partial charge in [-0.25, -0.2) is 0 Å². The van der Waals surface area contributed by atoms with Crippen molar-refractivity contribution in [3.8, 4) is 5.75 Å². The number of nitrogens with zero attached hydrogens (tertiary/aromatic N) is 2. The average molecular weight is 330 g/mol.